The first-order valence-electron chi connectivity index (χ1n) is 5.66. The molecule has 0 radical (unpaired) electrons. The van der Waals surface area contributed by atoms with E-state index in [4.69, 9.17) is 9.47 Å². The maximum Gasteiger partial charge on any atom is 0.270 e. The molecule has 0 bridgehead atoms. The number of methoxy groups -OCH3 is 1. The Balaban J connectivity index is 2.16. The third-order valence-electron chi connectivity index (χ3n) is 2.57. The van der Waals surface area contributed by atoms with Gasteiger partial charge in [-0.05, 0) is 34.1 Å². The molecular formula is C13H11BrN2O4. The molecule has 7 heteroatoms. The minimum atomic E-state index is -0.454. The van der Waals surface area contributed by atoms with Crippen LogP contribution in [0.1, 0.15) is 5.56 Å². The Bertz CT molecular complexity index is 616. The van der Waals surface area contributed by atoms with Gasteiger partial charge in [0.05, 0.1) is 18.2 Å². The highest BCUT2D eigenvalue weighted by Crippen LogP contribution is 2.25. The molecule has 1 heterocycles. The van der Waals surface area contributed by atoms with E-state index in [9.17, 15) is 10.1 Å². The van der Waals surface area contributed by atoms with Gasteiger partial charge in [-0.3, -0.25) is 10.1 Å². The number of hydrogen-bond donors (Lipinski definition) is 0. The summed E-state index contributed by atoms with van der Waals surface area (Å²) in [6.07, 6.45) is 1.56. The average molecular weight is 339 g/mol. The second kappa shape index (κ2) is 6.33. The van der Waals surface area contributed by atoms with E-state index in [-0.39, 0.29) is 12.3 Å². The lowest BCUT2D eigenvalue weighted by Gasteiger charge is -2.10. The number of hydrogen-bond acceptors (Lipinski definition) is 5. The van der Waals surface area contributed by atoms with E-state index in [0.29, 0.717) is 21.7 Å². The van der Waals surface area contributed by atoms with Gasteiger partial charge in [-0.2, -0.15) is 0 Å². The number of aromatic nitrogens is 1. The van der Waals surface area contributed by atoms with Crippen molar-refractivity contribution >= 4 is 21.6 Å². The zero-order chi connectivity index (χ0) is 14.5. The Morgan fingerprint density at radius 2 is 2.15 bits per heavy atom. The third kappa shape index (κ3) is 3.45. The summed E-state index contributed by atoms with van der Waals surface area (Å²) >= 11 is 3.23. The largest absolute Gasteiger partial charge is 0.496 e. The van der Waals surface area contributed by atoms with E-state index < -0.39 is 4.92 Å². The fraction of sp³-hybridized carbons (Fsp3) is 0.154. The van der Waals surface area contributed by atoms with Crippen molar-refractivity contribution in [3.63, 3.8) is 0 Å². The average Bonchev–Trinajstić information content (AvgIpc) is 2.46. The number of rotatable bonds is 5. The summed E-state index contributed by atoms with van der Waals surface area (Å²) in [5.74, 6) is 1.11. The van der Waals surface area contributed by atoms with Crippen molar-refractivity contribution in [2.75, 3.05) is 7.11 Å². The molecule has 0 atom stereocenters. The van der Waals surface area contributed by atoms with Gasteiger partial charge >= 0.3 is 0 Å². The summed E-state index contributed by atoms with van der Waals surface area (Å²) in [6.45, 7) is 0.161. The van der Waals surface area contributed by atoms with E-state index in [1.54, 1.807) is 24.4 Å². The Hall–Kier alpha value is -2.15. The summed E-state index contributed by atoms with van der Waals surface area (Å²) in [4.78, 5) is 14.4. The number of halogens is 1. The summed E-state index contributed by atoms with van der Waals surface area (Å²) in [5, 5.41) is 10.8. The number of nitro benzene ring substituents is 1. The highest BCUT2D eigenvalue weighted by molar-refractivity contribution is 9.10. The van der Waals surface area contributed by atoms with Crippen LogP contribution < -0.4 is 9.47 Å². The monoisotopic (exact) mass is 338 g/mol. The van der Waals surface area contributed by atoms with Crippen LogP contribution in [0.4, 0.5) is 5.69 Å². The van der Waals surface area contributed by atoms with E-state index in [0.717, 1.165) is 0 Å². The first-order chi connectivity index (χ1) is 9.60. The first-order valence-corrected chi connectivity index (χ1v) is 6.45. The minimum Gasteiger partial charge on any atom is -0.496 e. The summed E-state index contributed by atoms with van der Waals surface area (Å²) < 4.78 is 11.4. The number of benzene rings is 1. The molecule has 0 saturated carbocycles. The van der Waals surface area contributed by atoms with Gasteiger partial charge in [-0.15, -0.1) is 0 Å². The van der Waals surface area contributed by atoms with Crippen LogP contribution in [0.25, 0.3) is 0 Å². The van der Waals surface area contributed by atoms with Crippen LogP contribution in [0.15, 0.2) is 41.1 Å². The molecule has 6 nitrogen and oxygen atoms in total. The molecule has 0 unspecified atom stereocenters. The van der Waals surface area contributed by atoms with Crippen molar-refractivity contribution in [2.45, 2.75) is 6.61 Å². The van der Waals surface area contributed by atoms with Crippen LogP contribution in [0.5, 0.6) is 11.5 Å². The van der Waals surface area contributed by atoms with Crippen LogP contribution in [0.3, 0.4) is 0 Å². The lowest BCUT2D eigenvalue weighted by Crippen LogP contribution is -2.00. The zero-order valence-corrected chi connectivity index (χ0v) is 12.2. The lowest BCUT2D eigenvalue weighted by atomic mass is 10.2. The second-order valence-electron chi connectivity index (χ2n) is 3.86. The van der Waals surface area contributed by atoms with Crippen LogP contribution in [-0.2, 0) is 6.61 Å². The molecule has 0 aliphatic carbocycles. The molecule has 0 fully saturated rings. The smallest absolute Gasteiger partial charge is 0.270 e. The molecule has 0 aliphatic heterocycles. The topological polar surface area (TPSA) is 74.5 Å². The van der Waals surface area contributed by atoms with Gasteiger partial charge in [0.1, 0.15) is 22.7 Å². The number of nitro groups is 1. The van der Waals surface area contributed by atoms with Crippen LogP contribution in [0, 0.1) is 10.1 Å². The Morgan fingerprint density at radius 3 is 2.75 bits per heavy atom. The Morgan fingerprint density at radius 1 is 1.35 bits per heavy atom. The van der Waals surface area contributed by atoms with Crippen molar-refractivity contribution in [2.24, 2.45) is 0 Å². The number of ether oxygens (including phenoxy) is 2. The molecule has 0 amide bonds. The van der Waals surface area contributed by atoms with Gasteiger partial charge in [-0.25, -0.2) is 4.98 Å². The molecule has 0 saturated heterocycles. The predicted octanol–water partition coefficient (Wildman–Crippen LogP) is 3.34. The number of non-ortho nitro benzene ring substituents is 1. The quantitative estimate of drug-likeness (QED) is 0.474. The van der Waals surface area contributed by atoms with Crippen LogP contribution >= 0.6 is 15.9 Å². The van der Waals surface area contributed by atoms with Gasteiger partial charge in [0.2, 0.25) is 0 Å². The molecule has 1 aromatic heterocycles. The summed E-state index contributed by atoms with van der Waals surface area (Å²) in [5.41, 5.74) is 0.600. The zero-order valence-electron chi connectivity index (χ0n) is 10.6. The highest BCUT2D eigenvalue weighted by Gasteiger charge is 2.12. The molecule has 0 N–H and O–H groups in total. The van der Waals surface area contributed by atoms with Crippen molar-refractivity contribution in [1.82, 2.24) is 4.98 Å². The van der Waals surface area contributed by atoms with E-state index in [1.165, 1.54) is 19.2 Å². The van der Waals surface area contributed by atoms with Gasteiger partial charge in [-0.1, -0.05) is 0 Å². The summed E-state index contributed by atoms with van der Waals surface area (Å²) in [6, 6.07) is 7.88. The fourth-order valence-electron chi connectivity index (χ4n) is 1.60. The highest BCUT2D eigenvalue weighted by atomic mass is 79.9. The standard InChI is InChI=1S/C13H11BrN2O4/c1-19-12-4-2-10(16(17)18)6-9(12)8-20-11-3-5-13(14)15-7-11/h2-7H,8H2,1H3. The van der Waals surface area contributed by atoms with Crippen molar-refractivity contribution < 1.29 is 14.4 Å². The van der Waals surface area contributed by atoms with Crippen molar-refractivity contribution in [3.05, 3.63) is 56.8 Å². The third-order valence-corrected chi connectivity index (χ3v) is 3.04. The SMILES string of the molecule is COc1ccc([N+](=O)[O-])cc1COc1ccc(Br)nc1. The maximum absolute atomic E-state index is 10.8. The van der Waals surface area contributed by atoms with Gasteiger partial charge in [0.15, 0.2) is 0 Å². The summed E-state index contributed by atoms with van der Waals surface area (Å²) in [7, 11) is 1.51. The van der Waals surface area contributed by atoms with Crippen LogP contribution in [-0.4, -0.2) is 17.0 Å². The maximum atomic E-state index is 10.8. The first kappa shape index (κ1) is 14.3. The molecule has 0 aliphatic rings. The molecule has 1 aromatic carbocycles. The Kier molecular flexibility index (Phi) is 4.52. The predicted molar refractivity (Wildman–Crippen MR) is 75.9 cm³/mol. The molecular weight excluding hydrogens is 328 g/mol. The van der Waals surface area contributed by atoms with E-state index >= 15 is 0 Å². The molecule has 2 aromatic rings. The van der Waals surface area contributed by atoms with Crippen molar-refractivity contribution in [1.29, 1.82) is 0 Å². The van der Waals surface area contributed by atoms with Gasteiger partial charge in [0, 0.05) is 17.7 Å². The minimum absolute atomic E-state index is 0.00155. The van der Waals surface area contributed by atoms with Crippen molar-refractivity contribution in [3.8, 4) is 11.5 Å². The van der Waals surface area contributed by atoms with Gasteiger partial charge in [0.25, 0.3) is 5.69 Å². The lowest BCUT2D eigenvalue weighted by molar-refractivity contribution is -0.385. The second-order valence-corrected chi connectivity index (χ2v) is 4.67. The van der Waals surface area contributed by atoms with E-state index in [2.05, 4.69) is 20.9 Å². The number of pyridine rings is 1. The van der Waals surface area contributed by atoms with Crippen LogP contribution in [0.2, 0.25) is 0 Å². The van der Waals surface area contributed by atoms with E-state index in [1.807, 2.05) is 0 Å². The molecule has 0 spiro atoms. The molecule has 2 rings (SSSR count). The molecule has 104 valence electrons. The normalized spacial score (nSPS) is 10.1. The Labute approximate surface area is 123 Å². The number of nitrogens with zero attached hydrogens (tertiary/aromatic N) is 2. The molecule has 20 heavy (non-hydrogen) atoms. The van der Waals surface area contributed by atoms with Gasteiger partial charge < -0.3 is 9.47 Å². The fourth-order valence-corrected chi connectivity index (χ4v) is 1.83.